The number of carbonyl (C=O) groups is 3. The van der Waals surface area contributed by atoms with Crippen molar-refractivity contribution in [1.29, 1.82) is 0 Å². The molecule has 2 aromatic rings. The van der Waals surface area contributed by atoms with Crippen LogP contribution in [0.3, 0.4) is 0 Å². The van der Waals surface area contributed by atoms with Crippen molar-refractivity contribution in [2.24, 2.45) is 11.8 Å². The Labute approximate surface area is 253 Å². The first-order valence-electron chi connectivity index (χ1n) is 14.4. The molecule has 0 bridgehead atoms. The van der Waals surface area contributed by atoms with Gasteiger partial charge in [-0.2, -0.15) is 0 Å². The van der Waals surface area contributed by atoms with Crippen LogP contribution in [-0.4, -0.2) is 62.2 Å². The summed E-state index contributed by atoms with van der Waals surface area (Å²) in [4.78, 5) is 63.8. The monoisotopic (exact) mass is 623 g/mol. The number of hydrogen-bond acceptors (Lipinski definition) is 7. The molecule has 0 saturated heterocycles. The number of hydrogen-bond donors (Lipinski definition) is 3. The van der Waals surface area contributed by atoms with Crippen LogP contribution in [-0.2, 0) is 25.3 Å². The number of nitrogens with zero attached hydrogens (tertiary/aromatic N) is 2. The van der Waals surface area contributed by atoms with E-state index in [2.05, 4.69) is 10.3 Å². The minimum Gasteiger partial charge on any atom is -0.455 e. The van der Waals surface area contributed by atoms with E-state index in [0.29, 0.717) is 24.3 Å². The van der Waals surface area contributed by atoms with Gasteiger partial charge in [-0.25, -0.2) is 4.98 Å². The summed E-state index contributed by atoms with van der Waals surface area (Å²) in [7, 11) is -2.57. The lowest BCUT2D eigenvalue weighted by Gasteiger charge is -2.34. The van der Waals surface area contributed by atoms with Gasteiger partial charge >= 0.3 is 13.6 Å². The van der Waals surface area contributed by atoms with Crippen molar-refractivity contribution in [2.45, 2.75) is 97.5 Å². The van der Waals surface area contributed by atoms with E-state index in [1.165, 1.54) is 25.2 Å². The average Bonchev–Trinajstić information content (AvgIpc) is 3.40. The van der Waals surface area contributed by atoms with E-state index in [0.717, 1.165) is 12.0 Å². The zero-order valence-corrected chi connectivity index (χ0v) is 27.4. The molecule has 0 aliphatic heterocycles. The Bertz CT molecular complexity index is 1220. The van der Waals surface area contributed by atoms with Crippen LogP contribution >= 0.6 is 18.9 Å². The highest BCUT2D eigenvalue weighted by Gasteiger charge is 2.32. The van der Waals surface area contributed by atoms with Crippen LogP contribution < -0.4 is 5.32 Å². The van der Waals surface area contributed by atoms with Crippen molar-refractivity contribution < 1.29 is 33.5 Å². The van der Waals surface area contributed by atoms with E-state index >= 15 is 0 Å². The molecule has 2 rings (SSSR count). The first-order chi connectivity index (χ1) is 19.6. The normalized spacial score (nSPS) is 15.4. The van der Waals surface area contributed by atoms with E-state index in [1.807, 2.05) is 58.0 Å². The molecule has 1 unspecified atom stereocenters. The Morgan fingerprint density at radius 2 is 1.74 bits per heavy atom. The molecule has 0 saturated carbocycles. The third kappa shape index (κ3) is 11.2. The summed E-state index contributed by atoms with van der Waals surface area (Å²) in [6.45, 7) is 10.9. The maximum absolute atomic E-state index is 13.3. The molecule has 1 heterocycles. The van der Waals surface area contributed by atoms with Crippen LogP contribution in [0.25, 0.3) is 0 Å². The van der Waals surface area contributed by atoms with E-state index in [-0.39, 0.29) is 35.9 Å². The minimum absolute atomic E-state index is 0.0258. The second-order valence-corrected chi connectivity index (χ2v) is 14.4. The van der Waals surface area contributed by atoms with Crippen molar-refractivity contribution in [3.05, 3.63) is 52.0 Å². The van der Waals surface area contributed by atoms with Gasteiger partial charge < -0.3 is 24.7 Å². The third-order valence-electron chi connectivity index (χ3n) is 7.53. The lowest BCUT2D eigenvalue weighted by molar-refractivity contribution is -0.148. The van der Waals surface area contributed by atoms with E-state index in [4.69, 9.17) is 4.74 Å². The molecular weight excluding hydrogens is 577 g/mol. The average molecular weight is 624 g/mol. The first-order valence-corrected chi connectivity index (χ1v) is 17.0. The molecule has 0 aliphatic rings. The smallest absolute Gasteiger partial charge is 0.328 e. The van der Waals surface area contributed by atoms with Crippen LogP contribution in [0.5, 0.6) is 0 Å². The van der Waals surface area contributed by atoms with Crippen molar-refractivity contribution in [2.75, 3.05) is 7.05 Å². The fraction of sp³-hybridized carbons (Fsp3) is 0.600. The van der Waals surface area contributed by atoms with E-state index < -0.39 is 37.3 Å². The van der Waals surface area contributed by atoms with Gasteiger partial charge in [0.2, 0.25) is 5.91 Å². The van der Waals surface area contributed by atoms with Crippen LogP contribution in [0.1, 0.15) is 94.4 Å². The van der Waals surface area contributed by atoms with Gasteiger partial charge in [0.1, 0.15) is 10.7 Å². The number of ether oxygens (including phenoxy) is 1. The molecule has 12 heteroatoms. The SMILES string of the molecule is CC[C@H](C)CC(=O)N(C)[C@H](C[C@@H](OC(C)=O)c1nc(C(=O)N[C@@H](Cc2ccccc2)CC(C)P(=O)(O)O)cs1)C(C)C. The number of nitrogens with one attached hydrogen (secondary N) is 1. The second-order valence-electron chi connectivity index (χ2n) is 11.5. The molecule has 0 aliphatic carbocycles. The molecule has 5 atom stereocenters. The molecule has 10 nitrogen and oxygen atoms in total. The lowest BCUT2D eigenvalue weighted by Crippen LogP contribution is -2.42. The molecule has 234 valence electrons. The molecule has 42 heavy (non-hydrogen) atoms. The molecule has 1 aromatic carbocycles. The molecule has 0 radical (unpaired) electrons. The largest absolute Gasteiger partial charge is 0.455 e. The maximum Gasteiger partial charge on any atom is 0.328 e. The standard InChI is InChI=1S/C30H46N3O7PS/c1-8-20(4)14-28(35)33(7)26(19(2)3)17-27(40-22(6)34)30-32-25(18-42-30)29(36)31-24(15-21(5)41(37,38)39)16-23-12-10-9-11-13-23/h9-13,18-21,24,26-27H,8,14-17H2,1-7H3,(H,31,36)(H2,37,38,39)/t20-,21?,24+,26+,27+/m0/s1. The third-order valence-corrected chi connectivity index (χ3v) is 9.83. The quantitative estimate of drug-likeness (QED) is 0.168. The van der Waals surface area contributed by atoms with Gasteiger partial charge in [-0.05, 0) is 30.2 Å². The van der Waals surface area contributed by atoms with Crippen molar-refractivity contribution in [1.82, 2.24) is 15.2 Å². The minimum atomic E-state index is -4.34. The van der Waals surface area contributed by atoms with Crippen LogP contribution in [0.2, 0.25) is 0 Å². The van der Waals surface area contributed by atoms with Crippen LogP contribution in [0.4, 0.5) is 0 Å². The number of carbonyl (C=O) groups excluding carboxylic acids is 3. The molecule has 3 N–H and O–H groups in total. The molecular formula is C30H46N3O7PS. The number of amides is 2. The Balaban J connectivity index is 2.26. The summed E-state index contributed by atoms with van der Waals surface area (Å²) < 4.78 is 17.5. The van der Waals surface area contributed by atoms with Crippen molar-refractivity contribution in [3.63, 3.8) is 0 Å². The van der Waals surface area contributed by atoms with Crippen LogP contribution in [0.15, 0.2) is 35.7 Å². The topological polar surface area (TPSA) is 146 Å². The van der Waals surface area contributed by atoms with Crippen LogP contribution in [0, 0.1) is 11.8 Å². The molecule has 0 fully saturated rings. The molecule has 2 amide bonds. The molecule has 1 aromatic heterocycles. The predicted molar refractivity (Wildman–Crippen MR) is 164 cm³/mol. The number of aromatic nitrogens is 1. The summed E-state index contributed by atoms with van der Waals surface area (Å²) in [5, 5.41) is 4.91. The Morgan fingerprint density at radius 1 is 1.10 bits per heavy atom. The highest BCUT2D eigenvalue weighted by atomic mass is 32.1. The van der Waals surface area contributed by atoms with E-state index in [1.54, 1.807) is 17.3 Å². The van der Waals surface area contributed by atoms with Crippen molar-refractivity contribution in [3.8, 4) is 0 Å². The van der Waals surface area contributed by atoms with Gasteiger partial charge in [-0.1, -0.05) is 71.4 Å². The highest BCUT2D eigenvalue weighted by molar-refractivity contribution is 7.52. The number of benzene rings is 1. The van der Waals surface area contributed by atoms with Gasteiger partial charge in [0.25, 0.3) is 5.91 Å². The summed E-state index contributed by atoms with van der Waals surface area (Å²) in [5.74, 6) is -0.623. The summed E-state index contributed by atoms with van der Waals surface area (Å²) in [6.07, 6.45) is 1.36. The lowest BCUT2D eigenvalue weighted by atomic mass is 9.95. The molecule has 0 spiro atoms. The number of rotatable bonds is 16. The Morgan fingerprint density at radius 3 is 2.29 bits per heavy atom. The Hall–Kier alpha value is -2.59. The number of esters is 1. The fourth-order valence-electron chi connectivity index (χ4n) is 4.71. The Kier molecular flexibility index (Phi) is 13.8. The zero-order valence-electron chi connectivity index (χ0n) is 25.6. The van der Waals surface area contributed by atoms with Gasteiger partial charge in [0.05, 0.1) is 5.66 Å². The highest BCUT2D eigenvalue weighted by Crippen LogP contribution is 2.43. The van der Waals surface area contributed by atoms with Gasteiger partial charge in [-0.3, -0.25) is 18.9 Å². The summed E-state index contributed by atoms with van der Waals surface area (Å²) >= 11 is 1.19. The number of thiazole rings is 1. The van der Waals surface area contributed by atoms with E-state index in [9.17, 15) is 28.7 Å². The van der Waals surface area contributed by atoms with Gasteiger partial charge in [-0.15, -0.1) is 11.3 Å². The summed E-state index contributed by atoms with van der Waals surface area (Å²) in [6, 6.07) is 8.60. The maximum atomic E-state index is 13.3. The summed E-state index contributed by atoms with van der Waals surface area (Å²) in [5.41, 5.74) is 0.0940. The van der Waals surface area contributed by atoms with Gasteiger partial charge in [0, 0.05) is 44.3 Å². The van der Waals surface area contributed by atoms with Gasteiger partial charge in [0.15, 0.2) is 6.10 Å². The second kappa shape index (κ2) is 16.3. The first kappa shape index (κ1) is 35.6. The van der Waals surface area contributed by atoms with Crippen molar-refractivity contribution >= 4 is 36.7 Å². The zero-order chi connectivity index (χ0) is 31.6. The fourth-order valence-corrected chi connectivity index (χ4v) is 6.08. The predicted octanol–water partition coefficient (Wildman–Crippen LogP) is 5.35.